The van der Waals surface area contributed by atoms with Gasteiger partial charge >= 0.3 is 5.97 Å². The third-order valence-electron chi connectivity index (χ3n) is 2.97. The van der Waals surface area contributed by atoms with Crippen molar-refractivity contribution in [1.82, 2.24) is 5.32 Å². The molecule has 0 bridgehead atoms. The van der Waals surface area contributed by atoms with Crippen molar-refractivity contribution in [1.29, 1.82) is 0 Å². The van der Waals surface area contributed by atoms with Crippen molar-refractivity contribution in [3.63, 3.8) is 0 Å². The number of thiophene rings is 1. The number of carbonyl (C=O) groups is 2. The van der Waals surface area contributed by atoms with Crippen LogP contribution in [0.2, 0.25) is 0 Å². The molecule has 2 aromatic rings. The summed E-state index contributed by atoms with van der Waals surface area (Å²) in [7, 11) is 3.76. The summed E-state index contributed by atoms with van der Waals surface area (Å²) >= 11 is 1.30. The third-order valence-corrected chi connectivity index (χ3v) is 3.91. The van der Waals surface area contributed by atoms with Crippen LogP contribution in [0.25, 0.3) is 0 Å². The Morgan fingerprint density at radius 2 is 2.00 bits per heavy atom. The number of nitrogens with one attached hydrogen (secondary N) is 1. The number of nitrogens with zero attached hydrogens (tertiary/aromatic N) is 1. The van der Waals surface area contributed by atoms with Gasteiger partial charge in [0.15, 0.2) is 6.04 Å². The molecule has 0 aliphatic carbocycles. The van der Waals surface area contributed by atoms with Gasteiger partial charge in [-0.05, 0) is 29.6 Å². The number of amides is 1. The van der Waals surface area contributed by atoms with Gasteiger partial charge in [-0.1, -0.05) is 12.1 Å². The van der Waals surface area contributed by atoms with Crippen LogP contribution in [0.1, 0.15) is 21.3 Å². The highest BCUT2D eigenvalue weighted by atomic mass is 32.1. The highest BCUT2D eigenvalue weighted by Gasteiger charge is 2.23. The lowest BCUT2D eigenvalue weighted by Gasteiger charge is -2.15. The Labute approximate surface area is 126 Å². The summed E-state index contributed by atoms with van der Waals surface area (Å²) in [5.74, 6) is -1.48. The van der Waals surface area contributed by atoms with Crippen molar-refractivity contribution in [2.45, 2.75) is 6.04 Å². The molecule has 2 N–H and O–H groups in total. The van der Waals surface area contributed by atoms with Crippen LogP contribution in [0.3, 0.4) is 0 Å². The Morgan fingerprint density at radius 3 is 2.57 bits per heavy atom. The van der Waals surface area contributed by atoms with E-state index in [1.807, 2.05) is 25.1 Å². The van der Waals surface area contributed by atoms with E-state index in [1.165, 1.54) is 11.3 Å². The fourth-order valence-electron chi connectivity index (χ4n) is 1.85. The van der Waals surface area contributed by atoms with Gasteiger partial charge in [-0.15, -0.1) is 11.3 Å². The van der Waals surface area contributed by atoms with Gasteiger partial charge in [-0.3, -0.25) is 4.79 Å². The Bertz CT molecular complexity index is 638. The van der Waals surface area contributed by atoms with E-state index in [-0.39, 0.29) is 0 Å². The highest BCUT2D eigenvalue weighted by molar-refractivity contribution is 7.10. The minimum atomic E-state index is -1.07. The molecule has 1 heterocycles. The average molecular weight is 304 g/mol. The Hall–Kier alpha value is -2.34. The molecule has 0 aliphatic heterocycles. The number of carbonyl (C=O) groups excluding carboxylic acids is 1. The first-order chi connectivity index (χ1) is 9.99. The smallest absolute Gasteiger partial charge is 0.331 e. The molecule has 1 atom stereocenters. The molecule has 110 valence electrons. The summed E-state index contributed by atoms with van der Waals surface area (Å²) in [6.45, 7) is 0. The van der Waals surface area contributed by atoms with Crippen LogP contribution in [0, 0.1) is 0 Å². The summed E-state index contributed by atoms with van der Waals surface area (Å²) in [5.41, 5.74) is 1.31. The van der Waals surface area contributed by atoms with E-state index in [2.05, 4.69) is 5.32 Å². The lowest BCUT2D eigenvalue weighted by Crippen LogP contribution is -2.33. The molecular formula is C15H16N2O3S. The van der Waals surface area contributed by atoms with Crippen molar-refractivity contribution in [3.05, 3.63) is 52.2 Å². The largest absolute Gasteiger partial charge is 0.479 e. The number of hydrogen-bond donors (Lipinski definition) is 2. The van der Waals surface area contributed by atoms with Gasteiger partial charge in [-0.25, -0.2) is 4.79 Å². The molecule has 0 aliphatic rings. The molecule has 0 radical (unpaired) electrons. The van der Waals surface area contributed by atoms with E-state index in [9.17, 15) is 14.7 Å². The number of hydrogen-bond acceptors (Lipinski definition) is 4. The molecule has 0 saturated carbocycles. The number of carboxylic acid groups (broad SMARTS) is 1. The molecule has 1 aromatic heterocycles. The quantitative estimate of drug-likeness (QED) is 0.890. The van der Waals surface area contributed by atoms with E-state index in [0.29, 0.717) is 10.4 Å². The monoisotopic (exact) mass is 304 g/mol. The zero-order chi connectivity index (χ0) is 15.4. The maximum atomic E-state index is 12.2. The first-order valence-corrected chi connectivity index (χ1v) is 7.21. The summed E-state index contributed by atoms with van der Waals surface area (Å²) in [4.78, 5) is 26.0. The van der Waals surface area contributed by atoms with Crippen LogP contribution in [0.4, 0.5) is 5.69 Å². The molecule has 1 unspecified atom stereocenters. The second kappa shape index (κ2) is 6.41. The van der Waals surface area contributed by atoms with Crippen LogP contribution in [-0.4, -0.2) is 31.1 Å². The second-order valence-electron chi connectivity index (χ2n) is 4.70. The van der Waals surface area contributed by atoms with E-state index in [0.717, 1.165) is 5.69 Å². The molecule has 0 fully saturated rings. The zero-order valence-corrected chi connectivity index (χ0v) is 12.6. The first-order valence-electron chi connectivity index (χ1n) is 6.33. The van der Waals surface area contributed by atoms with E-state index < -0.39 is 17.9 Å². The molecule has 21 heavy (non-hydrogen) atoms. The van der Waals surface area contributed by atoms with E-state index in [1.54, 1.807) is 35.7 Å². The Balaban J connectivity index is 2.20. The SMILES string of the molecule is CN(C)c1cccc(C(=O)NC(C(=O)O)c2cccs2)c1. The van der Waals surface area contributed by atoms with Crippen molar-refractivity contribution in [2.75, 3.05) is 19.0 Å². The van der Waals surface area contributed by atoms with E-state index in [4.69, 9.17) is 0 Å². The van der Waals surface area contributed by atoms with Gasteiger partial charge in [-0.2, -0.15) is 0 Å². The zero-order valence-electron chi connectivity index (χ0n) is 11.7. The average Bonchev–Trinajstić information content (AvgIpc) is 2.98. The van der Waals surface area contributed by atoms with Crippen LogP contribution >= 0.6 is 11.3 Å². The lowest BCUT2D eigenvalue weighted by molar-refractivity contribution is -0.139. The molecule has 0 saturated heterocycles. The summed E-state index contributed by atoms with van der Waals surface area (Å²) < 4.78 is 0. The van der Waals surface area contributed by atoms with Crippen molar-refractivity contribution in [3.8, 4) is 0 Å². The summed E-state index contributed by atoms with van der Waals surface area (Å²) in [6, 6.07) is 9.46. The van der Waals surface area contributed by atoms with Crippen molar-refractivity contribution >= 4 is 28.9 Å². The normalized spacial score (nSPS) is 11.7. The molecule has 5 nitrogen and oxygen atoms in total. The molecular weight excluding hydrogens is 288 g/mol. The van der Waals surface area contributed by atoms with Gasteiger partial charge in [0.05, 0.1) is 0 Å². The fraction of sp³-hybridized carbons (Fsp3) is 0.200. The Kier molecular flexibility index (Phi) is 4.59. The Morgan fingerprint density at radius 1 is 1.24 bits per heavy atom. The molecule has 6 heteroatoms. The van der Waals surface area contributed by atoms with Crippen LogP contribution in [-0.2, 0) is 4.79 Å². The predicted octanol–water partition coefficient (Wildman–Crippen LogP) is 2.37. The van der Waals surface area contributed by atoms with Gasteiger partial charge in [0.1, 0.15) is 0 Å². The van der Waals surface area contributed by atoms with Crippen LogP contribution < -0.4 is 10.2 Å². The topological polar surface area (TPSA) is 69.6 Å². The van der Waals surface area contributed by atoms with Crippen molar-refractivity contribution in [2.24, 2.45) is 0 Å². The van der Waals surface area contributed by atoms with Gasteiger partial charge in [0.2, 0.25) is 0 Å². The number of rotatable bonds is 5. The molecule has 1 amide bonds. The third kappa shape index (κ3) is 3.61. The highest BCUT2D eigenvalue weighted by Crippen LogP contribution is 2.20. The van der Waals surface area contributed by atoms with Gasteiger partial charge < -0.3 is 15.3 Å². The maximum absolute atomic E-state index is 12.2. The minimum Gasteiger partial charge on any atom is -0.479 e. The van der Waals surface area contributed by atoms with Gasteiger partial charge in [0.25, 0.3) is 5.91 Å². The van der Waals surface area contributed by atoms with Crippen molar-refractivity contribution < 1.29 is 14.7 Å². The standard InChI is InChI=1S/C15H16N2O3S/c1-17(2)11-6-3-5-10(9-11)14(18)16-13(15(19)20)12-7-4-8-21-12/h3-9,13H,1-2H3,(H,16,18)(H,19,20). The number of benzene rings is 1. The number of anilines is 1. The van der Waals surface area contributed by atoms with Crippen LogP contribution in [0.5, 0.6) is 0 Å². The first kappa shape index (κ1) is 15.1. The molecule has 2 rings (SSSR count). The van der Waals surface area contributed by atoms with Crippen LogP contribution in [0.15, 0.2) is 41.8 Å². The summed E-state index contributed by atoms with van der Waals surface area (Å²) in [5, 5.41) is 13.6. The fourth-order valence-corrected chi connectivity index (χ4v) is 2.62. The van der Waals surface area contributed by atoms with E-state index >= 15 is 0 Å². The number of carboxylic acids is 1. The second-order valence-corrected chi connectivity index (χ2v) is 5.68. The summed E-state index contributed by atoms with van der Waals surface area (Å²) in [6.07, 6.45) is 0. The minimum absolute atomic E-state index is 0.403. The lowest BCUT2D eigenvalue weighted by atomic mass is 10.1. The molecule has 0 spiro atoms. The number of aliphatic carboxylic acids is 1. The van der Waals surface area contributed by atoms with Gasteiger partial charge in [0, 0.05) is 30.2 Å². The maximum Gasteiger partial charge on any atom is 0.331 e. The molecule has 1 aromatic carbocycles. The predicted molar refractivity (Wildman–Crippen MR) is 82.9 cm³/mol.